The molecule has 28 heavy (non-hydrogen) atoms. The summed E-state index contributed by atoms with van der Waals surface area (Å²) in [6.07, 6.45) is -2.37. The van der Waals surface area contributed by atoms with Crippen molar-refractivity contribution in [3.63, 3.8) is 0 Å². The summed E-state index contributed by atoms with van der Waals surface area (Å²) in [5.41, 5.74) is 4.57. The van der Waals surface area contributed by atoms with Crippen LogP contribution in [0.1, 0.15) is 26.0 Å². The van der Waals surface area contributed by atoms with Gasteiger partial charge in [0.2, 0.25) is 5.60 Å². The molecule has 11 nitrogen and oxygen atoms in total. The van der Waals surface area contributed by atoms with E-state index in [2.05, 4.69) is 10.2 Å². The summed E-state index contributed by atoms with van der Waals surface area (Å²) in [5.74, 6) is -1.05. The number of aromatic nitrogens is 3. The van der Waals surface area contributed by atoms with E-state index in [-0.39, 0.29) is 24.5 Å². The normalized spacial score (nSPS) is 26.7. The van der Waals surface area contributed by atoms with Crippen LogP contribution in [0.2, 0.25) is 0 Å². The number of aliphatic hydroxyl groups excluding tert-OH is 1. The minimum atomic E-state index is -1.91. The number of ether oxygens (including phenoxy) is 3. The molecule has 148 valence electrons. The number of carbonyl (C=O) groups excluding carboxylic acids is 2. The maximum Gasteiger partial charge on any atom is 0.305 e. The number of aliphatic hydroxyl groups is 1. The Morgan fingerprint density at radius 3 is 2.89 bits per heavy atom. The molecule has 1 saturated heterocycles. The summed E-state index contributed by atoms with van der Waals surface area (Å²) < 4.78 is 17.5. The summed E-state index contributed by atoms with van der Waals surface area (Å²) in [7, 11) is 0. The maximum atomic E-state index is 11.5. The molecule has 2 aromatic heterocycles. The van der Waals surface area contributed by atoms with Gasteiger partial charge in [0.25, 0.3) is 0 Å². The van der Waals surface area contributed by atoms with Gasteiger partial charge in [0, 0.05) is 13.3 Å². The average molecular weight is 389 g/mol. The number of nitrogens with two attached hydrogens (primary N) is 1. The quantitative estimate of drug-likeness (QED) is 0.648. The lowest BCUT2D eigenvalue weighted by Crippen LogP contribution is -2.42. The Morgan fingerprint density at radius 2 is 2.25 bits per heavy atom. The Morgan fingerprint density at radius 1 is 1.50 bits per heavy atom. The summed E-state index contributed by atoms with van der Waals surface area (Å²) in [5, 5.41) is 28.3. The third-order valence-corrected chi connectivity index (χ3v) is 4.49. The smallest absolute Gasteiger partial charge is 0.305 e. The number of anilines is 1. The first-order chi connectivity index (χ1) is 13.3. The average Bonchev–Trinajstić information content (AvgIpc) is 3.21. The zero-order chi connectivity index (χ0) is 20.5. The van der Waals surface area contributed by atoms with E-state index in [1.807, 2.05) is 6.07 Å². The van der Waals surface area contributed by atoms with Gasteiger partial charge in [0.15, 0.2) is 11.9 Å². The highest BCUT2D eigenvalue weighted by Crippen LogP contribution is 2.41. The number of carbonyl (C=O) groups is 2. The second kappa shape index (κ2) is 7.41. The summed E-state index contributed by atoms with van der Waals surface area (Å²) in [6, 6.07) is 5.09. The van der Waals surface area contributed by atoms with Crippen LogP contribution in [0.3, 0.4) is 0 Å². The molecule has 0 amide bonds. The highest BCUT2D eigenvalue weighted by molar-refractivity contribution is 5.69. The Labute approximate surface area is 159 Å². The predicted octanol–water partition coefficient (Wildman–Crippen LogP) is -0.325. The molecule has 0 saturated carbocycles. The van der Waals surface area contributed by atoms with Crippen molar-refractivity contribution in [3.05, 3.63) is 24.2 Å². The van der Waals surface area contributed by atoms with Crippen LogP contribution in [0.5, 0.6) is 0 Å². The SMILES string of the molecule is CCC(=O)OC[C@H]1O[C@@](C#N)(c2ccc3c(N)nncn23)[C@H](O)[C@@H]1OC(C)=O. The van der Waals surface area contributed by atoms with Crippen LogP contribution in [0.4, 0.5) is 5.82 Å². The van der Waals surface area contributed by atoms with E-state index in [1.54, 1.807) is 13.0 Å². The van der Waals surface area contributed by atoms with Gasteiger partial charge in [-0.1, -0.05) is 6.92 Å². The number of hydrogen-bond donors (Lipinski definition) is 2. The number of esters is 2. The molecule has 0 aromatic carbocycles. The minimum Gasteiger partial charge on any atom is -0.463 e. The molecule has 1 fully saturated rings. The fourth-order valence-corrected chi connectivity index (χ4v) is 3.18. The van der Waals surface area contributed by atoms with Crippen molar-refractivity contribution < 1.29 is 28.9 Å². The molecule has 0 spiro atoms. The van der Waals surface area contributed by atoms with Gasteiger partial charge in [-0.05, 0) is 12.1 Å². The van der Waals surface area contributed by atoms with Gasteiger partial charge in [0.1, 0.15) is 31.2 Å². The number of rotatable bonds is 5. The molecule has 2 aromatic rings. The lowest BCUT2D eigenvalue weighted by atomic mass is 9.92. The van der Waals surface area contributed by atoms with E-state index in [4.69, 9.17) is 19.9 Å². The van der Waals surface area contributed by atoms with Crippen molar-refractivity contribution in [1.82, 2.24) is 14.6 Å². The zero-order valence-electron chi connectivity index (χ0n) is 15.2. The molecule has 0 bridgehead atoms. The fourth-order valence-electron chi connectivity index (χ4n) is 3.18. The molecule has 0 unspecified atom stereocenters. The molecular formula is C17H19N5O6. The van der Waals surface area contributed by atoms with Crippen LogP contribution in [0.25, 0.3) is 5.52 Å². The van der Waals surface area contributed by atoms with Crippen LogP contribution < -0.4 is 5.73 Å². The van der Waals surface area contributed by atoms with E-state index in [0.717, 1.165) is 6.92 Å². The van der Waals surface area contributed by atoms with Crippen molar-refractivity contribution in [3.8, 4) is 6.07 Å². The largest absolute Gasteiger partial charge is 0.463 e. The van der Waals surface area contributed by atoms with Gasteiger partial charge in [-0.3, -0.25) is 14.0 Å². The Hall–Kier alpha value is -3.23. The van der Waals surface area contributed by atoms with E-state index in [9.17, 15) is 20.0 Å². The first-order valence-corrected chi connectivity index (χ1v) is 8.52. The van der Waals surface area contributed by atoms with Gasteiger partial charge in [-0.2, -0.15) is 5.26 Å². The molecule has 11 heteroatoms. The zero-order valence-corrected chi connectivity index (χ0v) is 15.2. The lowest BCUT2D eigenvalue weighted by Gasteiger charge is -2.25. The van der Waals surface area contributed by atoms with Crippen molar-refractivity contribution in [2.75, 3.05) is 12.3 Å². The minimum absolute atomic E-state index is 0.124. The lowest BCUT2D eigenvalue weighted by molar-refractivity contribution is -0.158. The van der Waals surface area contributed by atoms with Crippen molar-refractivity contribution in [1.29, 1.82) is 5.26 Å². The number of nitrogens with zero attached hydrogens (tertiary/aromatic N) is 4. The number of hydrogen-bond acceptors (Lipinski definition) is 10. The first-order valence-electron chi connectivity index (χ1n) is 8.52. The molecular weight excluding hydrogens is 370 g/mol. The Kier molecular flexibility index (Phi) is 5.17. The third kappa shape index (κ3) is 3.12. The molecule has 3 N–H and O–H groups in total. The van der Waals surface area contributed by atoms with Crippen molar-refractivity contribution >= 4 is 23.3 Å². The monoisotopic (exact) mass is 389 g/mol. The summed E-state index contributed by atoms with van der Waals surface area (Å²) in [4.78, 5) is 23.0. The van der Waals surface area contributed by atoms with Gasteiger partial charge >= 0.3 is 11.9 Å². The topological polar surface area (TPSA) is 162 Å². The molecule has 3 heterocycles. The predicted molar refractivity (Wildman–Crippen MR) is 92.4 cm³/mol. The Balaban J connectivity index is 2.04. The molecule has 1 aliphatic rings. The van der Waals surface area contributed by atoms with Gasteiger partial charge in [-0.25, -0.2) is 0 Å². The molecule has 1 aliphatic heterocycles. The second-order valence-corrected chi connectivity index (χ2v) is 6.25. The first kappa shape index (κ1) is 19.5. The van der Waals surface area contributed by atoms with Gasteiger partial charge < -0.3 is 25.1 Å². The van der Waals surface area contributed by atoms with Crippen LogP contribution in [-0.2, 0) is 29.4 Å². The summed E-state index contributed by atoms with van der Waals surface area (Å²) >= 11 is 0. The van der Waals surface area contributed by atoms with E-state index in [0.29, 0.717) is 5.52 Å². The van der Waals surface area contributed by atoms with Crippen LogP contribution in [-0.4, -0.2) is 56.6 Å². The van der Waals surface area contributed by atoms with Crippen LogP contribution >= 0.6 is 0 Å². The van der Waals surface area contributed by atoms with E-state index < -0.39 is 35.9 Å². The highest BCUT2D eigenvalue weighted by Gasteiger charge is 2.59. The summed E-state index contributed by atoms with van der Waals surface area (Å²) in [6.45, 7) is 2.49. The molecule has 4 atom stereocenters. The van der Waals surface area contributed by atoms with Crippen LogP contribution in [0.15, 0.2) is 18.5 Å². The second-order valence-electron chi connectivity index (χ2n) is 6.25. The standard InChI is InChI=1S/C17H19N5O6/c1-3-13(24)26-6-11-14(27-9(2)23)15(25)17(7-18,28-11)12-5-4-10-16(19)21-20-8-22(10)12/h4-5,8,11,14-15,25H,3,6H2,1-2H3,(H2,19,21)/t11-,14-,15-,17+/m1/s1. The fraction of sp³-hybridized carbons (Fsp3) is 0.471. The number of fused-ring (bicyclic) bond motifs is 1. The molecule has 0 aliphatic carbocycles. The highest BCUT2D eigenvalue weighted by atomic mass is 16.6. The van der Waals surface area contributed by atoms with Crippen LogP contribution in [0, 0.1) is 11.3 Å². The third-order valence-electron chi connectivity index (χ3n) is 4.49. The molecule has 0 radical (unpaired) electrons. The van der Waals surface area contributed by atoms with Gasteiger partial charge in [-0.15, -0.1) is 10.2 Å². The van der Waals surface area contributed by atoms with E-state index >= 15 is 0 Å². The number of nitriles is 1. The van der Waals surface area contributed by atoms with Crippen molar-refractivity contribution in [2.45, 2.75) is 44.2 Å². The van der Waals surface area contributed by atoms with Gasteiger partial charge in [0.05, 0.1) is 11.2 Å². The van der Waals surface area contributed by atoms with E-state index in [1.165, 1.54) is 16.8 Å². The maximum absolute atomic E-state index is 11.5. The van der Waals surface area contributed by atoms with Crippen molar-refractivity contribution in [2.24, 2.45) is 0 Å². The Bertz CT molecular complexity index is 953. The number of nitrogen functional groups attached to an aromatic ring is 1. The molecule has 3 rings (SSSR count).